The lowest BCUT2D eigenvalue weighted by Gasteiger charge is -2.52. The number of hydrogen-bond donors (Lipinski definition) is 2. The normalized spacial score (nSPS) is 20.7. The Morgan fingerprint density at radius 3 is 2.42 bits per heavy atom. The Morgan fingerprint density at radius 2 is 1.82 bits per heavy atom. The molecule has 1 fully saturated rings. The number of ketones is 1. The van der Waals surface area contributed by atoms with Gasteiger partial charge in [-0.3, -0.25) is 19.3 Å². The van der Waals surface area contributed by atoms with Crippen LogP contribution < -0.4 is 11.1 Å². The number of fused-ring (bicyclic) bond motifs is 1. The van der Waals surface area contributed by atoms with Crippen LogP contribution in [0.15, 0.2) is 65.7 Å². The number of nitrogens with one attached hydrogen (secondary N) is 1. The monoisotopic (exact) mass is 590 g/mol. The van der Waals surface area contributed by atoms with Gasteiger partial charge in [-0.15, -0.1) is 24.2 Å². The highest BCUT2D eigenvalue weighted by Gasteiger charge is 2.55. The van der Waals surface area contributed by atoms with Crippen molar-refractivity contribution in [3.05, 3.63) is 82.6 Å². The third-order valence-corrected chi connectivity index (χ3v) is 8.03. The number of rotatable bonds is 11. The van der Waals surface area contributed by atoms with E-state index in [0.29, 0.717) is 25.8 Å². The molecule has 2 atom stereocenters. The van der Waals surface area contributed by atoms with E-state index >= 15 is 0 Å². The third-order valence-electron chi connectivity index (χ3n) is 7.27. The van der Waals surface area contributed by atoms with E-state index in [-0.39, 0.29) is 43.8 Å². The van der Waals surface area contributed by atoms with Crippen LogP contribution in [0, 0.1) is 5.82 Å². The van der Waals surface area contributed by atoms with Crippen LogP contribution in [0.5, 0.6) is 0 Å². The summed E-state index contributed by atoms with van der Waals surface area (Å²) in [7, 11) is 0. The molecule has 4 rings (SSSR count). The molecular weight excluding hydrogens is 555 g/mol. The van der Waals surface area contributed by atoms with Crippen molar-refractivity contribution in [2.45, 2.75) is 43.6 Å². The van der Waals surface area contributed by atoms with E-state index in [1.165, 1.54) is 23.9 Å². The summed E-state index contributed by atoms with van der Waals surface area (Å²) in [6.45, 7) is 4.18. The average molecular weight is 591 g/mol. The highest BCUT2D eigenvalue weighted by Crippen LogP contribution is 2.41. The minimum Gasteiger partial charge on any atom is -0.372 e. The van der Waals surface area contributed by atoms with Crippen molar-refractivity contribution in [3.63, 3.8) is 0 Å². The largest absolute Gasteiger partial charge is 0.372 e. The molecule has 1 amide bonds. The van der Waals surface area contributed by atoms with Crippen LogP contribution >= 0.6 is 24.2 Å². The maximum absolute atomic E-state index is 13.7. The second kappa shape index (κ2) is 12.8. The Balaban J connectivity index is 0.00000441. The van der Waals surface area contributed by atoms with E-state index in [1.807, 2.05) is 41.5 Å². The lowest BCUT2D eigenvalue weighted by Crippen LogP contribution is -2.74. The molecule has 2 aliphatic rings. The van der Waals surface area contributed by atoms with Crippen LogP contribution in [-0.4, -0.2) is 77.0 Å². The van der Waals surface area contributed by atoms with Crippen molar-refractivity contribution in [3.8, 4) is 0 Å². The minimum atomic E-state index is -1.56. The number of thioether (sulfide) groups is 1. The summed E-state index contributed by atoms with van der Waals surface area (Å²) in [6.07, 6.45) is 4.52. The summed E-state index contributed by atoms with van der Waals surface area (Å²) in [5.74, 6) is -0.980. The molecule has 2 aliphatic heterocycles. The summed E-state index contributed by atoms with van der Waals surface area (Å²) in [5, 5.41) is 3.69. The van der Waals surface area contributed by atoms with E-state index in [1.54, 1.807) is 32.1 Å². The topological polar surface area (TPSA) is 105 Å². The van der Waals surface area contributed by atoms with E-state index in [2.05, 4.69) is 10.2 Å². The molecule has 3 N–H and O–H groups in total. The van der Waals surface area contributed by atoms with Gasteiger partial charge in [0.1, 0.15) is 11.4 Å². The number of halogens is 2. The number of ether oxygens (including phenoxy) is 1. The Bertz CT molecular complexity index is 1240. The molecule has 11 heteroatoms. The predicted molar refractivity (Wildman–Crippen MR) is 156 cm³/mol. The first-order valence-corrected chi connectivity index (χ1v) is 14.0. The fraction of sp³-hybridized carbons (Fsp3) is 0.414. The first kappa shape index (κ1) is 31.8. The highest BCUT2D eigenvalue weighted by molar-refractivity contribution is 8.02. The third kappa shape index (κ3) is 6.58. The summed E-state index contributed by atoms with van der Waals surface area (Å²) in [4.78, 5) is 43.5. The molecule has 40 heavy (non-hydrogen) atoms. The van der Waals surface area contributed by atoms with Gasteiger partial charge in [0.25, 0.3) is 0 Å². The van der Waals surface area contributed by atoms with Crippen LogP contribution in [0.4, 0.5) is 4.39 Å². The van der Waals surface area contributed by atoms with Gasteiger partial charge in [0, 0.05) is 32.1 Å². The molecule has 2 aromatic carbocycles. The van der Waals surface area contributed by atoms with Crippen molar-refractivity contribution in [2.24, 2.45) is 5.73 Å². The number of carbonyl (C=O) groups excluding carboxylic acids is 3. The van der Waals surface area contributed by atoms with Crippen LogP contribution in [0.25, 0.3) is 0 Å². The molecule has 216 valence electrons. The van der Waals surface area contributed by atoms with Gasteiger partial charge in [0.15, 0.2) is 17.7 Å². The van der Waals surface area contributed by atoms with Gasteiger partial charge in [-0.1, -0.05) is 42.5 Å². The number of amides is 1. The van der Waals surface area contributed by atoms with Crippen LogP contribution in [0.3, 0.4) is 0 Å². The van der Waals surface area contributed by atoms with Crippen molar-refractivity contribution in [1.29, 1.82) is 0 Å². The first-order chi connectivity index (χ1) is 18.5. The molecule has 0 aliphatic carbocycles. The Labute approximate surface area is 244 Å². The predicted octanol–water partition coefficient (Wildman–Crippen LogP) is 2.90. The van der Waals surface area contributed by atoms with Crippen LogP contribution in [-0.2, 0) is 32.1 Å². The van der Waals surface area contributed by atoms with E-state index < -0.39 is 22.6 Å². The summed E-state index contributed by atoms with van der Waals surface area (Å²) >= 11 is 1.48. The number of hydrogen-bond acceptors (Lipinski definition) is 8. The van der Waals surface area contributed by atoms with Crippen molar-refractivity contribution in [2.75, 3.05) is 32.5 Å². The Morgan fingerprint density at radius 1 is 1.15 bits per heavy atom. The number of aldehydes is 1. The molecule has 0 spiro atoms. The van der Waals surface area contributed by atoms with E-state index in [0.717, 1.165) is 16.2 Å². The van der Waals surface area contributed by atoms with Crippen molar-refractivity contribution in [1.82, 2.24) is 15.1 Å². The zero-order valence-electron chi connectivity index (χ0n) is 22.9. The second-order valence-corrected chi connectivity index (χ2v) is 11.5. The van der Waals surface area contributed by atoms with Gasteiger partial charge in [0.05, 0.1) is 23.8 Å². The van der Waals surface area contributed by atoms with Gasteiger partial charge >= 0.3 is 0 Å². The molecule has 0 bridgehead atoms. The fourth-order valence-corrected chi connectivity index (χ4v) is 5.77. The molecule has 2 heterocycles. The summed E-state index contributed by atoms with van der Waals surface area (Å²) in [5.41, 5.74) is 3.94. The highest BCUT2D eigenvalue weighted by atomic mass is 35.5. The number of nitrogens with zero attached hydrogens (tertiary/aromatic N) is 2. The summed E-state index contributed by atoms with van der Waals surface area (Å²) in [6, 6.07) is 15.6. The minimum absolute atomic E-state index is 0. The van der Waals surface area contributed by atoms with Gasteiger partial charge in [0.2, 0.25) is 5.91 Å². The van der Waals surface area contributed by atoms with Crippen LogP contribution in [0.2, 0.25) is 0 Å². The zero-order valence-corrected chi connectivity index (χ0v) is 24.5. The number of benzene rings is 2. The Hall–Kier alpha value is -2.76. The smallest absolute Gasteiger partial charge is 0.241 e. The lowest BCUT2D eigenvalue weighted by atomic mass is 9.83. The molecule has 0 unspecified atom stereocenters. The standard InChI is InChI=1S/C29H35FN4O4S.ClH/c1-27(2,31)26(37)32-29(19-35,20-38-17-22-7-5-4-6-8-22)33-13-14-34-25(39-3)15-24(36)28(34,18-33)16-21-9-11-23(30)12-10-21;/h4-12,15,19H,13-14,16-18,20,31H2,1-3H3,(H,32,37);1H/t28-,29-;/m0./s1. The van der Waals surface area contributed by atoms with Crippen LogP contribution in [0.1, 0.15) is 25.0 Å². The van der Waals surface area contributed by atoms with Gasteiger partial charge in [-0.2, -0.15) is 0 Å². The molecular formula is C29H36ClFN4O4S. The number of carbonyl (C=O) groups is 3. The SMILES string of the molecule is CSC1=CC(=O)[C@]2(Cc3ccc(F)cc3)CN([C@@](C=O)(COCc3ccccc3)NC(=O)C(C)(C)N)CCN12.Cl. The molecule has 0 aromatic heterocycles. The lowest BCUT2D eigenvalue weighted by molar-refractivity contribution is -0.148. The fourth-order valence-electron chi connectivity index (χ4n) is 5.06. The zero-order chi connectivity index (χ0) is 28.3. The maximum Gasteiger partial charge on any atom is 0.241 e. The molecule has 0 radical (unpaired) electrons. The maximum atomic E-state index is 13.7. The summed E-state index contributed by atoms with van der Waals surface area (Å²) < 4.78 is 19.6. The van der Waals surface area contributed by atoms with Crippen molar-refractivity contribution < 1.29 is 23.5 Å². The van der Waals surface area contributed by atoms with E-state index in [9.17, 15) is 18.8 Å². The van der Waals surface area contributed by atoms with Gasteiger partial charge in [-0.05, 0) is 43.4 Å². The molecule has 0 saturated carbocycles. The second-order valence-electron chi connectivity index (χ2n) is 10.7. The number of nitrogens with two attached hydrogens (primary N) is 1. The Kier molecular flexibility index (Phi) is 10.2. The van der Waals surface area contributed by atoms with Gasteiger partial charge < -0.3 is 20.7 Å². The molecule has 2 aromatic rings. The number of piperazine rings is 1. The average Bonchev–Trinajstić information content (AvgIpc) is 3.19. The quantitative estimate of drug-likeness (QED) is 0.385. The van der Waals surface area contributed by atoms with Gasteiger partial charge in [-0.25, -0.2) is 4.39 Å². The van der Waals surface area contributed by atoms with E-state index in [4.69, 9.17) is 10.5 Å². The molecule has 8 nitrogen and oxygen atoms in total. The molecule has 1 saturated heterocycles. The van der Waals surface area contributed by atoms with Crippen molar-refractivity contribution >= 4 is 42.1 Å². The first-order valence-electron chi connectivity index (χ1n) is 12.8.